The topological polar surface area (TPSA) is 114 Å². The molecule has 0 bridgehead atoms. The molecule has 2 aliphatic carbocycles. The van der Waals surface area contributed by atoms with E-state index in [1.165, 1.54) is 12.3 Å². The maximum absolute atomic E-state index is 12.3. The van der Waals surface area contributed by atoms with Crippen molar-refractivity contribution in [2.24, 2.45) is 5.92 Å². The summed E-state index contributed by atoms with van der Waals surface area (Å²) >= 11 is 0. The summed E-state index contributed by atoms with van der Waals surface area (Å²) in [6.07, 6.45) is 4.65. The number of amides is 1. The molecule has 1 amide bonds. The number of nitro groups is 1. The van der Waals surface area contributed by atoms with E-state index in [-0.39, 0.29) is 23.3 Å². The van der Waals surface area contributed by atoms with Gasteiger partial charge in [-0.3, -0.25) is 14.9 Å². The zero-order valence-corrected chi connectivity index (χ0v) is 11.2. The van der Waals surface area contributed by atoms with Crippen LogP contribution in [0.3, 0.4) is 0 Å². The molecule has 0 spiro atoms. The Balaban J connectivity index is 1.83. The molecule has 21 heavy (non-hydrogen) atoms. The first kappa shape index (κ1) is 13.6. The monoisotopic (exact) mass is 293 g/mol. The third-order valence-electron chi connectivity index (χ3n) is 3.86. The van der Waals surface area contributed by atoms with Crippen LogP contribution in [0.2, 0.25) is 0 Å². The Morgan fingerprint density at radius 2 is 2.05 bits per heavy atom. The van der Waals surface area contributed by atoms with Crippen LogP contribution in [0.1, 0.15) is 42.2 Å². The van der Waals surface area contributed by atoms with Gasteiger partial charge in [0.15, 0.2) is 0 Å². The van der Waals surface area contributed by atoms with E-state index in [1.54, 1.807) is 4.57 Å². The second kappa shape index (κ2) is 4.87. The van der Waals surface area contributed by atoms with Crippen molar-refractivity contribution in [3.63, 3.8) is 0 Å². The first-order valence-electron chi connectivity index (χ1n) is 6.87. The molecule has 8 nitrogen and oxygen atoms in total. The highest BCUT2D eigenvalue weighted by Gasteiger charge is 2.38. The maximum Gasteiger partial charge on any atom is 0.326 e. The quantitative estimate of drug-likeness (QED) is 0.606. The van der Waals surface area contributed by atoms with Crippen LogP contribution in [0.5, 0.6) is 0 Å². The highest BCUT2D eigenvalue weighted by Crippen LogP contribution is 2.38. The van der Waals surface area contributed by atoms with Crippen molar-refractivity contribution in [3.05, 3.63) is 28.1 Å². The molecule has 1 heterocycles. The molecule has 1 unspecified atom stereocenters. The lowest BCUT2D eigenvalue weighted by atomic mass is 10.2. The number of hydrogen-bond acceptors (Lipinski definition) is 4. The lowest BCUT2D eigenvalue weighted by Crippen LogP contribution is -2.42. The molecule has 0 aromatic carbocycles. The first-order chi connectivity index (χ1) is 9.97. The Morgan fingerprint density at radius 3 is 2.52 bits per heavy atom. The number of nitrogens with zero attached hydrogens (tertiary/aromatic N) is 2. The number of carbonyl (C=O) groups excluding carboxylic acids is 1. The van der Waals surface area contributed by atoms with Gasteiger partial charge in [0.05, 0.1) is 11.1 Å². The van der Waals surface area contributed by atoms with Gasteiger partial charge >= 0.3 is 5.97 Å². The lowest BCUT2D eigenvalue weighted by Gasteiger charge is -2.14. The summed E-state index contributed by atoms with van der Waals surface area (Å²) in [4.78, 5) is 33.7. The fourth-order valence-corrected chi connectivity index (χ4v) is 2.43. The predicted molar refractivity (Wildman–Crippen MR) is 71.0 cm³/mol. The largest absolute Gasteiger partial charge is 0.480 e. The van der Waals surface area contributed by atoms with Crippen molar-refractivity contribution in [1.82, 2.24) is 9.88 Å². The minimum Gasteiger partial charge on any atom is -0.480 e. The van der Waals surface area contributed by atoms with Crippen LogP contribution >= 0.6 is 0 Å². The molecule has 2 N–H and O–H groups in total. The second-order valence-electron chi connectivity index (χ2n) is 5.61. The van der Waals surface area contributed by atoms with Gasteiger partial charge in [-0.05, 0) is 31.6 Å². The summed E-state index contributed by atoms with van der Waals surface area (Å²) in [5.74, 6) is -1.66. The van der Waals surface area contributed by atoms with Gasteiger partial charge in [0.1, 0.15) is 11.7 Å². The Labute approximate surface area is 119 Å². The van der Waals surface area contributed by atoms with Crippen LogP contribution in [0.4, 0.5) is 5.69 Å². The Bertz CT molecular complexity index is 615. The fraction of sp³-hybridized carbons (Fsp3) is 0.538. The SMILES string of the molecule is O=C(NC(C(=O)O)C1CC1)c1cc([N+](=O)[O-])cn1C1CC1. The van der Waals surface area contributed by atoms with Crippen LogP contribution in [0.15, 0.2) is 12.3 Å². The molecule has 8 heteroatoms. The molecule has 0 radical (unpaired) electrons. The van der Waals surface area contributed by atoms with Gasteiger partial charge < -0.3 is 15.0 Å². The highest BCUT2D eigenvalue weighted by molar-refractivity contribution is 5.96. The van der Waals surface area contributed by atoms with Gasteiger partial charge in [-0.1, -0.05) is 0 Å². The van der Waals surface area contributed by atoms with E-state index in [1.807, 2.05) is 0 Å². The van der Waals surface area contributed by atoms with Crippen LogP contribution in [0.25, 0.3) is 0 Å². The smallest absolute Gasteiger partial charge is 0.326 e. The second-order valence-corrected chi connectivity index (χ2v) is 5.61. The third kappa shape index (κ3) is 2.74. The van der Waals surface area contributed by atoms with Gasteiger partial charge in [0, 0.05) is 12.1 Å². The van der Waals surface area contributed by atoms with Crippen molar-refractivity contribution in [2.75, 3.05) is 0 Å². The average molecular weight is 293 g/mol. The van der Waals surface area contributed by atoms with E-state index in [4.69, 9.17) is 5.11 Å². The number of carboxylic acids is 1. The molecule has 3 rings (SSSR count). The van der Waals surface area contributed by atoms with Crippen LogP contribution < -0.4 is 5.32 Å². The van der Waals surface area contributed by atoms with E-state index >= 15 is 0 Å². The molecule has 0 saturated heterocycles. The highest BCUT2D eigenvalue weighted by atomic mass is 16.6. The van der Waals surface area contributed by atoms with Crippen molar-refractivity contribution in [3.8, 4) is 0 Å². The molecule has 1 aromatic rings. The van der Waals surface area contributed by atoms with Crippen molar-refractivity contribution >= 4 is 17.6 Å². The molecule has 2 saturated carbocycles. The Kier molecular flexibility index (Phi) is 3.15. The molecule has 0 aliphatic heterocycles. The zero-order valence-electron chi connectivity index (χ0n) is 11.2. The predicted octanol–water partition coefficient (Wildman–Crippen LogP) is 1.32. The summed E-state index contributed by atoms with van der Waals surface area (Å²) in [6.45, 7) is 0. The Hall–Kier alpha value is -2.38. The van der Waals surface area contributed by atoms with Crippen LogP contribution in [0, 0.1) is 16.0 Å². The van der Waals surface area contributed by atoms with Crippen molar-refractivity contribution in [2.45, 2.75) is 37.8 Å². The zero-order chi connectivity index (χ0) is 15.1. The van der Waals surface area contributed by atoms with Crippen LogP contribution in [-0.4, -0.2) is 32.5 Å². The van der Waals surface area contributed by atoms with E-state index in [0.717, 1.165) is 25.7 Å². The van der Waals surface area contributed by atoms with E-state index in [9.17, 15) is 19.7 Å². The minimum absolute atomic E-state index is 0.0363. The first-order valence-corrected chi connectivity index (χ1v) is 6.87. The molecule has 1 aromatic heterocycles. The number of aromatic nitrogens is 1. The summed E-state index contributed by atoms with van der Waals surface area (Å²) in [7, 11) is 0. The van der Waals surface area contributed by atoms with E-state index < -0.39 is 22.8 Å². The molecular weight excluding hydrogens is 278 g/mol. The summed E-state index contributed by atoms with van der Waals surface area (Å²) in [5.41, 5.74) is 0.0152. The summed E-state index contributed by atoms with van der Waals surface area (Å²) < 4.78 is 1.58. The van der Waals surface area contributed by atoms with Gasteiger partial charge in [-0.25, -0.2) is 4.79 Å². The van der Waals surface area contributed by atoms with Gasteiger partial charge in [-0.2, -0.15) is 0 Å². The molecule has 2 aliphatic rings. The van der Waals surface area contributed by atoms with Crippen molar-refractivity contribution in [1.29, 1.82) is 0 Å². The molecule has 2 fully saturated rings. The van der Waals surface area contributed by atoms with Gasteiger partial charge in [-0.15, -0.1) is 0 Å². The maximum atomic E-state index is 12.3. The van der Waals surface area contributed by atoms with E-state index in [2.05, 4.69) is 5.32 Å². The summed E-state index contributed by atoms with van der Waals surface area (Å²) in [6, 6.07) is 0.391. The number of aliphatic carboxylic acids is 1. The van der Waals surface area contributed by atoms with Gasteiger partial charge in [0.25, 0.3) is 11.6 Å². The third-order valence-corrected chi connectivity index (χ3v) is 3.86. The Morgan fingerprint density at radius 1 is 1.38 bits per heavy atom. The number of carbonyl (C=O) groups is 2. The van der Waals surface area contributed by atoms with E-state index in [0.29, 0.717) is 0 Å². The summed E-state index contributed by atoms with van der Waals surface area (Å²) in [5, 5.41) is 22.5. The molecule has 112 valence electrons. The number of nitrogens with one attached hydrogen (secondary N) is 1. The molecule has 1 atom stereocenters. The average Bonchev–Trinajstić information content (AvgIpc) is 3.33. The number of hydrogen-bond donors (Lipinski definition) is 2. The van der Waals surface area contributed by atoms with Crippen LogP contribution in [-0.2, 0) is 4.79 Å². The lowest BCUT2D eigenvalue weighted by molar-refractivity contribution is -0.384. The fourth-order valence-electron chi connectivity index (χ4n) is 2.43. The van der Waals surface area contributed by atoms with Gasteiger partial charge in [0.2, 0.25) is 0 Å². The number of carboxylic acid groups (broad SMARTS) is 1. The molecular formula is C13H15N3O5. The standard InChI is InChI=1S/C13H15N3O5/c17-12(14-11(13(18)19)7-1-2-7)10-5-9(16(20)21)6-15(10)8-3-4-8/h5-8,11H,1-4H2,(H,14,17)(H,18,19). The minimum atomic E-state index is -1.06. The van der Waals surface area contributed by atoms with Crippen molar-refractivity contribution < 1.29 is 19.6 Å². The number of rotatable bonds is 6. The normalized spacial score (nSPS) is 19.0.